The van der Waals surface area contributed by atoms with Crippen LogP contribution in [0.3, 0.4) is 0 Å². The van der Waals surface area contributed by atoms with E-state index in [-0.39, 0.29) is 12.3 Å². The molecule has 0 fully saturated rings. The van der Waals surface area contributed by atoms with Crippen molar-refractivity contribution in [2.24, 2.45) is 5.92 Å². The van der Waals surface area contributed by atoms with Gasteiger partial charge in [0.05, 0.1) is 0 Å². The molecule has 1 unspecified atom stereocenters. The summed E-state index contributed by atoms with van der Waals surface area (Å²) in [6.45, 7) is 4.07. The monoisotopic (exact) mass is 380 g/mol. The van der Waals surface area contributed by atoms with Crippen molar-refractivity contribution in [1.29, 1.82) is 0 Å². The number of carbonyl (C=O) groups excluding carboxylic acids is 1. The number of aliphatic carboxylic acids is 1. The summed E-state index contributed by atoms with van der Waals surface area (Å²) in [6, 6.07) is 4.83. The number of aromatic amines is 1. The summed E-state index contributed by atoms with van der Waals surface area (Å²) in [4.78, 5) is 26.5. The highest BCUT2D eigenvalue weighted by molar-refractivity contribution is 9.10. The molecule has 3 N–H and O–H groups in total. The van der Waals surface area contributed by atoms with E-state index in [9.17, 15) is 14.7 Å². The number of amides is 1. The number of carboxylic acid groups (broad SMARTS) is 1. The lowest BCUT2D eigenvalue weighted by Gasteiger charge is -2.15. The summed E-state index contributed by atoms with van der Waals surface area (Å²) in [5.41, 5.74) is 1.80. The number of H-pyrrole nitrogens is 1. The molecule has 0 radical (unpaired) electrons. The Morgan fingerprint density at radius 2 is 2.09 bits per heavy atom. The quantitative estimate of drug-likeness (QED) is 0.687. The van der Waals surface area contributed by atoms with Gasteiger partial charge in [0, 0.05) is 34.4 Å². The standard InChI is InChI=1S/C17H21BrN2O3/c1-10(2)6-7-15(21)20-14(17(22)23)8-11-9-19-13-5-3-4-12(18)16(11)13/h3-5,9-10,14,19H,6-8H2,1-2H3,(H,20,21)(H,22,23). The first-order chi connectivity index (χ1) is 10.9. The van der Waals surface area contributed by atoms with Gasteiger partial charge in [0.1, 0.15) is 6.04 Å². The molecule has 2 rings (SSSR count). The third-order valence-corrected chi connectivity index (χ3v) is 4.40. The van der Waals surface area contributed by atoms with Crippen LogP contribution < -0.4 is 5.32 Å². The summed E-state index contributed by atoms with van der Waals surface area (Å²) in [6.07, 6.45) is 3.13. The van der Waals surface area contributed by atoms with Crippen molar-refractivity contribution in [3.05, 3.63) is 34.4 Å². The molecular formula is C17H21BrN2O3. The molecule has 5 nitrogen and oxygen atoms in total. The maximum atomic E-state index is 11.9. The van der Waals surface area contributed by atoms with Gasteiger partial charge in [-0.15, -0.1) is 0 Å². The minimum absolute atomic E-state index is 0.218. The molecular weight excluding hydrogens is 360 g/mol. The fourth-order valence-corrected chi connectivity index (χ4v) is 3.10. The van der Waals surface area contributed by atoms with Crippen LogP contribution in [-0.2, 0) is 16.0 Å². The van der Waals surface area contributed by atoms with Gasteiger partial charge in [-0.05, 0) is 30.0 Å². The number of rotatable bonds is 7. The number of hydrogen-bond acceptors (Lipinski definition) is 2. The maximum absolute atomic E-state index is 11.9. The van der Waals surface area contributed by atoms with Crippen molar-refractivity contribution >= 4 is 38.7 Å². The SMILES string of the molecule is CC(C)CCC(=O)NC(Cc1c[nH]c2cccc(Br)c12)C(=O)O. The first-order valence-electron chi connectivity index (χ1n) is 7.65. The van der Waals surface area contributed by atoms with E-state index in [1.54, 1.807) is 6.20 Å². The molecule has 0 saturated heterocycles. The number of benzene rings is 1. The van der Waals surface area contributed by atoms with Gasteiger partial charge in [-0.2, -0.15) is 0 Å². The smallest absolute Gasteiger partial charge is 0.326 e. The van der Waals surface area contributed by atoms with Gasteiger partial charge >= 0.3 is 5.97 Å². The van der Waals surface area contributed by atoms with E-state index in [4.69, 9.17) is 0 Å². The topological polar surface area (TPSA) is 82.2 Å². The first-order valence-corrected chi connectivity index (χ1v) is 8.44. The molecule has 1 amide bonds. The molecule has 0 aliphatic heterocycles. The van der Waals surface area contributed by atoms with E-state index in [1.807, 2.05) is 32.0 Å². The molecule has 23 heavy (non-hydrogen) atoms. The van der Waals surface area contributed by atoms with Crippen molar-refractivity contribution in [3.63, 3.8) is 0 Å². The van der Waals surface area contributed by atoms with Gasteiger partial charge in [0.25, 0.3) is 0 Å². The van der Waals surface area contributed by atoms with Crippen LogP contribution in [0.2, 0.25) is 0 Å². The first kappa shape index (κ1) is 17.5. The van der Waals surface area contributed by atoms with Crippen LogP contribution in [0.4, 0.5) is 0 Å². The highest BCUT2D eigenvalue weighted by Crippen LogP contribution is 2.27. The zero-order chi connectivity index (χ0) is 17.0. The zero-order valence-electron chi connectivity index (χ0n) is 13.2. The molecule has 6 heteroatoms. The lowest BCUT2D eigenvalue weighted by atomic mass is 10.0. The van der Waals surface area contributed by atoms with E-state index < -0.39 is 12.0 Å². The van der Waals surface area contributed by atoms with E-state index in [1.165, 1.54) is 0 Å². The van der Waals surface area contributed by atoms with Gasteiger partial charge in [-0.1, -0.05) is 35.8 Å². The Morgan fingerprint density at radius 3 is 2.74 bits per heavy atom. The van der Waals surface area contributed by atoms with Gasteiger partial charge in [-0.3, -0.25) is 4.79 Å². The Morgan fingerprint density at radius 1 is 1.35 bits per heavy atom. The fourth-order valence-electron chi connectivity index (χ4n) is 2.48. The molecule has 1 aromatic carbocycles. The van der Waals surface area contributed by atoms with Crippen LogP contribution >= 0.6 is 15.9 Å². The van der Waals surface area contributed by atoms with Gasteiger partial charge in [0.2, 0.25) is 5.91 Å². The largest absolute Gasteiger partial charge is 0.480 e. The number of aromatic nitrogens is 1. The second-order valence-electron chi connectivity index (χ2n) is 6.07. The van der Waals surface area contributed by atoms with Crippen molar-refractivity contribution < 1.29 is 14.7 Å². The lowest BCUT2D eigenvalue weighted by Crippen LogP contribution is -2.42. The van der Waals surface area contributed by atoms with E-state index in [0.29, 0.717) is 12.3 Å². The lowest BCUT2D eigenvalue weighted by molar-refractivity contribution is -0.141. The average Bonchev–Trinajstić information content (AvgIpc) is 2.89. The van der Waals surface area contributed by atoms with Crippen LogP contribution in [0.5, 0.6) is 0 Å². The van der Waals surface area contributed by atoms with Crippen LogP contribution in [0.25, 0.3) is 10.9 Å². The Labute approximate surface area is 143 Å². The van der Waals surface area contributed by atoms with Crippen molar-refractivity contribution in [2.45, 2.75) is 39.2 Å². The molecule has 124 valence electrons. The van der Waals surface area contributed by atoms with Crippen molar-refractivity contribution in [1.82, 2.24) is 10.3 Å². The summed E-state index contributed by atoms with van der Waals surface area (Å²) in [5.74, 6) is -0.831. The number of nitrogens with one attached hydrogen (secondary N) is 2. The number of carbonyl (C=O) groups is 2. The van der Waals surface area contributed by atoms with E-state index >= 15 is 0 Å². The number of carboxylic acids is 1. The normalized spacial score (nSPS) is 12.5. The Hall–Kier alpha value is -1.82. The van der Waals surface area contributed by atoms with Crippen LogP contribution in [0.1, 0.15) is 32.3 Å². The van der Waals surface area contributed by atoms with Crippen LogP contribution in [0.15, 0.2) is 28.9 Å². The van der Waals surface area contributed by atoms with E-state index in [2.05, 4.69) is 26.2 Å². The second kappa shape index (κ2) is 7.64. The molecule has 1 atom stereocenters. The van der Waals surface area contributed by atoms with E-state index in [0.717, 1.165) is 27.4 Å². The fraction of sp³-hybridized carbons (Fsp3) is 0.412. The third kappa shape index (κ3) is 4.58. The summed E-state index contributed by atoms with van der Waals surface area (Å²) >= 11 is 3.49. The molecule has 2 aromatic rings. The third-order valence-electron chi connectivity index (χ3n) is 3.74. The van der Waals surface area contributed by atoms with Crippen LogP contribution in [-0.4, -0.2) is 28.0 Å². The molecule has 0 aliphatic carbocycles. The van der Waals surface area contributed by atoms with Gasteiger partial charge in [-0.25, -0.2) is 4.79 Å². The maximum Gasteiger partial charge on any atom is 0.326 e. The molecule has 1 aromatic heterocycles. The summed E-state index contributed by atoms with van der Waals surface area (Å²) < 4.78 is 0.904. The van der Waals surface area contributed by atoms with Crippen molar-refractivity contribution in [3.8, 4) is 0 Å². The predicted molar refractivity (Wildman–Crippen MR) is 93.3 cm³/mol. The average molecular weight is 381 g/mol. The summed E-state index contributed by atoms with van der Waals surface area (Å²) in [7, 11) is 0. The minimum Gasteiger partial charge on any atom is -0.480 e. The Bertz CT molecular complexity index is 709. The van der Waals surface area contributed by atoms with Gasteiger partial charge < -0.3 is 15.4 Å². The molecule has 0 spiro atoms. The number of halogens is 1. The molecule has 0 bridgehead atoms. The Kier molecular flexibility index (Phi) is 5.82. The minimum atomic E-state index is -1.02. The van der Waals surface area contributed by atoms with Crippen LogP contribution in [0, 0.1) is 5.92 Å². The van der Waals surface area contributed by atoms with Gasteiger partial charge in [0.15, 0.2) is 0 Å². The zero-order valence-corrected chi connectivity index (χ0v) is 14.8. The highest BCUT2D eigenvalue weighted by atomic mass is 79.9. The predicted octanol–water partition coefficient (Wildman–Crippen LogP) is 3.48. The summed E-state index contributed by atoms with van der Waals surface area (Å²) in [5, 5.41) is 13.0. The molecule has 0 saturated carbocycles. The highest BCUT2D eigenvalue weighted by Gasteiger charge is 2.22. The number of fused-ring (bicyclic) bond motifs is 1. The Balaban J connectivity index is 2.13. The molecule has 0 aliphatic rings. The van der Waals surface area contributed by atoms with Crippen molar-refractivity contribution in [2.75, 3.05) is 0 Å². The number of hydrogen-bond donors (Lipinski definition) is 3. The molecule has 1 heterocycles. The second-order valence-corrected chi connectivity index (χ2v) is 6.93.